The average molecular weight is 351 g/mol. The Balaban J connectivity index is 1.73. The second-order valence-corrected chi connectivity index (χ2v) is 6.21. The molecule has 0 unspecified atom stereocenters. The van der Waals surface area contributed by atoms with Crippen LogP contribution < -0.4 is 15.7 Å². The quantitative estimate of drug-likeness (QED) is 0.559. The number of hydrogen-bond acceptors (Lipinski definition) is 7. The van der Waals surface area contributed by atoms with Crippen LogP contribution in [-0.4, -0.2) is 17.3 Å². The third-order valence-electron chi connectivity index (χ3n) is 3.62. The van der Waals surface area contributed by atoms with Gasteiger partial charge < -0.3 is 14.5 Å². The number of fused-ring (bicyclic) bond motifs is 1. The molecule has 0 bridgehead atoms. The van der Waals surface area contributed by atoms with E-state index in [1.165, 1.54) is 18.4 Å². The molecule has 0 amide bonds. The number of nitrogens with one attached hydrogen (secondary N) is 1. The van der Waals surface area contributed by atoms with Crippen LogP contribution in [0, 0.1) is 0 Å². The van der Waals surface area contributed by atoms with Crippen LogP contribution in [0.25, 0.3) is 21.5 Å². The molecule has 6 nitrogen and oxygen atoms in total. The largest absolute Gasteiger partial charge is 0.493 e. The number of methoxy groups -OCH3 is 1. The van der Waals surface area contributed by atoms with Gasteiger partial charge in [0, 0.05) is 11.1 Å². The van der Waals surface area contributed by atoms with Gasteiger partial charge in [0.25, 0.3) is 0 Å². The zero-order chi connectivity index (χ0) is 17.2. The lowest BCUT2D eigenvalue weighted by Gasteiger charge is -2.04. The summed E-state index contributed by atoms with van der Waals surface area (Å²) in [6.45, 7) is 0. The Hall–Kier alpha value is -3.19. The third kappa shape index (κ3) is 2.97. The van der Waals surface area contributed by atoms with E-state index in [2.05, 4.69) is 15.5 Å². The zero-order valence-corrected chi connectivity index (χ0v) is 14.0. The molecule has 0 aliphatic heterocycles. The van der Waals surface area contributed by atoms with Crippen LogP contribution in [0.3, 0.4) is 0 Å². The third-order valence-corrected chi connectivity index (χ3v) is 4.50. The molecule has 0 aliphatic rings. The lowest BCUT2D eigenvalue weighted by atomic mass is 10.2. The maximum Gasteiger partial charge on any atom is 0.346 e. The standard InChI is InChI=1S/C18H13N3O3S/c1-23-14-9-5-6-11-10-13(17(22)24-15(11)14)16-20-21-18(25-16)19-12-7-3-2-4-8-12/h2-10H,1H3,(H,19,21). The van der Waals surface area contributed by atoms with Crippen molar-refractivity contribution in [2.75, 3.05) is 12.4 Å². The Bertz CT molecular complexity index is 1090. The molecule has 0 atom stereocenters. The smallest absolute Gasteiger partial charge is 0.346 e. The number of para-hydroxylation sites is 2. The number of rotatable bonds is 4. The van der Waals surface area contributed by atoms with Crippen LogP contribution in [0.1, 0.15) is 0 Å². The average Bonchev–Trinajstić information content (AvgIpc) is 3.09. The number of benzene rings is 2. The van der Waals surface area contributed by atoms with Crippen molar-refractivity contribution in [3.05, 3.63) is 65.0 Å². The fourth-order valence-corrected chi connectivity index (χ4v) is 3.22. The van der Waals surface area contributed by atoms with Crippen molar-refractivity contribution in [3.63, 3.8) is 0 Å². The molecule has 25 heavy (non-hydrogen) atoms. The highest BCUT2D eigenvalue weighted by Gasteiger charge is 2.15. The Morgan fingerprint density at radius 1 is 1.08 bits per heavy atom. The number of aromatic nitrogens is 2. The first kappa shape index (κ1) is 15.3. The van der Waals surface area contributed by atoms with Crippen LogP contribution >= 0.6 is 11.3 Å². The topological polar surface area (TPSA) is 77.3 Å². The van der Waals surface area contributed by atoms with E-state index in [0.717, 1.165) is 11.1 Å². The van der Waals surface area contributed by atoms with Crippen LogP contribution in [0.4, 0.5) is 10.8 Å². The van der Waals surface area contributed by atoms with Crippen molar-refractivity contribution in [1.82, 2.24) is 10.2 Å². The number of hydrogen-bond donors (Lipinski definition) is 1. The summed E-state index contributed by atoms with van der Waals surface area (Å²) < 4.78 is 10.7. The fourth-order valence-electron chi connectivity index (χ4n) is 2.46. The summed E-state index contributed by atoms with van der Waals surface area (Å²) in [6.07, 6.45) is 0. The maximum absolute atomic E-state index is 12.4. The van der Waals surface area contributed by atoms with E-state index in [-0.39, 0.29) is 0 Å². The highest BCUT2D eigenvalue weighted by Crippen LogP contribution is 2.30. The van der Waals surface area contributed by atoms with Crippen molar-refractivity contribution in [2.24, 2.45) is 0 Å². The van der Waals surface area contributed by atoms with Gasteiger partial charge >= 0.3 is 5.63 Å². The summed E-state index contributed by atoms with van der Waals surface area (Å²) in [5, 5.41) is 13.2. The Kier molecular flexibility index (Phi) is 3.91. The lowest BCUT2D eigenvalue weighted by molar-refractivity contribution is 0.407. The molecule has 0 fully saturated rings. The normalized spacial score (nSPS) is 10.8. The first-order chi connectivity index (χ1) is 12.2. The van der Waals surface area contributed by atoms with Gasteiger partial charge in [-0.2, -0.15) is 0 Å². The van der Waals surface area contributed by atoms with Crippen molar-refractivity contribution in [2.45, 2.75) is 0 Å². The highest BCUT2D eigenvalue weighted by atomic mass is 32.1. The molecule has 2 aromatic carbocycles. The molecule has 0 aliphatic carbocycles. The highest BCUT2D eigenvalue weighted by molar-refractivity contribution is 7.18. The molecular formula is C18H13N3O3S. The molecule has 2 heterocycles. The van der Waals surface area contributed by atoms with Crippen molar-refractivity contribution < 1.29 is 9.15 Å². The Labute approximate surface area is 146 Å². The molecule has 0 radical (unpaired) electrons. The predicted octanol–water partition coefficient (Wildman–Crippen LogP) is 4.06. The lowest BCUT2D eigenvalue weighted by Crippen LogP contribution is -2.03. The molecule has 4 rings (SSSR count). The van der Waals surface area contributed by atoms with Gasteiger partial charge in [-0.1, -0.05) is 41.7 Å². The minimum Gasteiger partial charge on any atom is -0.493 e. The fraction of sp³-hybridized carbons (Fsp3) is 0.0556. The number of anilines is 2. The van der Waals surface area contributed by atoms with Crippen LogP contribution in [0.2, 0.25) is 0 Å². The van der Waals surface area contributed by atoms with Gasteiger partial charge in [0.05, 0.1) is 12.7 Å². The Morgan fingerprint density at radius 2 is 1.92 bits per heavy atom. The van der Waals surface area contributed by atoms with Gasteiger partial charge in [-0.25, -0.2) is 4.79 Å². The summed E-state index contributed by atoms with van der Waals surface area (Å²) in [7, 11) is 1.54. The van der Waals surface area contributed by atoms with Gasteiger partial charge in [0.2, 0.25) is 5.13 Å². The summed E-state index contributed by atoms with van der Waals surface area (Å²) in [5.74, 6) is 0.518. The second-order valence-electron chi connectivity index (χ2n) is 5.23. The second kappa shape index (κ2) is 6.37. The maximum atomic E-state index is 12.4. The number of nitrogens with zero attached hydrogens (tertiary/aromatic N) is 2. The Morgan fingerprint density at radius 3 is 2.72 bits per heavy atom. The predicted molar refractivity (Wildman–Crippen MR) is 97.7 cm³/mol. The SMILES string of the molecule is COc1cccc2cc(-c3nnc(Nc4ccccc4)s3)c(=O)oc12. The molecule has 1 N–H and O–H groups in total. The van der Waals surface area contributed by atoms with Crippen molar-refractivity contribution in [3.8, 4) is 16.3 Å². The van der Waals surface area contributed by atoms with Crippen LogP contribution in [0.5, 0.6) is 5.75 Å². The van der Waals surface area contributed by atoms with Crippen LogP contribution in [0.15, 0.2) is 63.8 Å². The van der Waals surface area contributed by atoms with E-state index in [0.29, 0.717) is 27.0 Å². The minimum absolute atomic E-state index is 0.374. The van der Waals surface area contributed by atoms with E-state index >= 15 is 0 Å². The van der Waals surface area contributed by atoms with Gasteiger partial charge in [-0.3, -0.25) is 0 Å². The summed E-state index contributed by atoms with van der Waals surface area (Å²) in [5.41, 5.74) is 1.23. The molecule has 124 valence electrons. The zero-order valence-electron chi connectivity index (χ0n) is 13.2. The van der Waals surface area contributed by atoms with E-state index in [9.17, 15) is 4.79 Å². The summed E-state index contributed by atoms with van der Waals surface area (Å²) in [6, 6.07) is 16.8. The van der Waals surface area contributed by atoms with Crippen molar-refractivity contribution in [1.29, 1.82) is 0 Å². The van der Waals surface area contributed by atoms with E-state index in [4.69, 9.17) is 9.15 Å². The van der Waals surface area contributed by atoms with Gasteiger partial charge in [-0.05, 0) is 24.3 Å². The van der Waals surface area contributed by atoms with Crippen molar-refractivity contribution >= 4 is 33.1 Å². The molecule has 0 spiro atoms. The number of ether oxygens (including phenoxy) is 1. The molecule has 7 heteroatoms. The molecule has 2 aromatic heterocycles. The monoisotopic (exact) mass is 351 g/mol. The summed E-state index contributed by atoms with van der Waals surface area (Å²) >= 11 is 1.29. The first-order valence-corrected chi connectivity index (χ1v) is 8.33. The molecule has 0 saturated carbocycles. The van der Waals surface area contributed by atoms with E-state index < -0.39 is 5.63 Å². The molecular weight excluding hydrogens is 338 g/mol. The minimum atomic E-state index is -0.473. The molecule has 4 aromatic rings. The van der Waals surface area contributed by atoms with Crippen LogP contribution in [-0.2, 0) is 0 Å². The van der Waals surface area contributed by atoms with E-state index in [1.807, 2.05) is 42.5 Å². The summed E-state index contributed by atoms with van der Waals surface area (Å²) in [4.78, 5) is 12.4. The molecule has 0 saturated heterocycles. The first-order valence-electron chi connectivity index (χ1n) is 7.51. The van der Waals surface area contributed by atoms with Gasteiger partial charge in [-0.15, -0.1) is 10.2 Å². The van der Waals surface area contributed by atoms with Gasteiger partial charge in [0.1, 0.15) is 0 Å². The van der Waals surface area contributed by atoms with E-state index in [1.54, 1.807) is 12.1 Å². The van der Waals surface area contributed by atoms with Gasteiger partial charge in [0.15, 0.2) is 16.3 Å².